The van der Waals surface area contributed by atoms with Crippen LogP contribution in [0, 0.1) is 3.57 Å². The molecule has 0 saturated carbocycles. The first-order valence-corrected chi connectivity index (χ1v) is 6.14. The van der Waals surface area contributed by atoms with Crippen molar-refractivity contribution in [1.82, 2.24) is 9.97 Å². The summed E-state index contributed by atoms with van der Waals surface area (Å²) in [7, 11) is -3.35. The molecule has 0 aliphatic rings. The first-order valence-electron chi connectivity index (χ1n) is 2.79. The second kappa shape index (κ2) is 3.43. The minimum Gasteiger partial charge on any atom is -0.226 e. The molecule has 0 unspecified atom stereocenters. The number of aromatic nitrogens is 2. The molecule has 0 fully saturated rings. The summed E-state index contributed by atoms with van der Waals surface area (Å²) in [5, 5.41) is -0.0843. The molecular weight excluding hydrogens is 314 g/mol. The summed E-state index contributed by atoms with van der Waals surface area (Å²) in [6.07, 6.45) is 2.40. The summed E-state index contributed by atoms with van der Waals surface area (Å²) < 4.78 is 22.4. The highest BCUT2D eigenvalue weighted by molar-refractivity contribution is 14.1. The summed E-state index contributed by atoms with van der Waals surface area (Å²) >= 11 is 7.51. The van der Waals surface area contributed by atoms with E-state index in [0.717, 1.165) is 6.26 Å². The fourth-order valence-electron chi connectivity index (χ4n) is 0.510. The van der Waals surface area contributed by atoms with E-state index in [1.54, 1.807) is 0 Å². The Morgan fingerprint density at radius 3 is 2.58 bits per heavy atom. The number of hydrogen-bond donors (Lipinski definition) is 0. The van der Waals surface area contributed by atoms with Crippen LogP contribution in [0.2, 0.25) is 5.15 Å². The number of halogens is 2. The Hall–Kier alpha value is 0.0500. The quantitative estimate of drug-likeness (QED) is 0.442. The third-order valence-corrected chi connectivity index (χ3v) is 3.27. The van der Waals surface area contributed by atoms with E-state index >= 15 is 0 Å². The molecule has 0 radical (unpaired) electrons. The van der Waals surface area contributed by atoms with Gasteiger partial charge in [0, 0.05) is 12.5 Å². The van der Waals surface area contributed by atoms with E-state index in [1.165, 1.54) is 6.20 Å². The van der Waals surface area contributed by atoms with Crippen molar-refractivity contribution >= 4 is 44.0 Å². The average molecular weight is 319 g/mol. The molecule has 1 aromatic heterocycles. The maximum absolute atomic E-state index is 10.9. The molecule has 0 spiro atoms. The van der Waals surface area contributed by atoms with E-state index in [4.69, 9.17) is 11.6 Å². The molecule has 12 heavy (non-hydrogen) atoms. The van der Waals surface area contributed by atoms with Gasteiger partial charge < -0.3 is 0 Å². The Kier molecular flexibility index (Phi) is 2.89. The fraction of sp³-hybridized carbons (Fsp3) is 0.200. The molecule has 0 atom stereocenters. The first kappa shape index (κ1) is 10.1. The normalized spacial score (nSPS) is 11.6. The maximum atomic E-state index is 10.9. The van der Waals surface area contributed by atoms with Crippen LogP contribution in [0.25, 0.3) is 0 Å². The third-order valence-electron chi connectivity index (χ3n) is 1.01. The maximum Gasteiger partial charge on any atom is 0.248 e. The smallest absolute Gasteiger partial charge is 0.226 e. The number of sulfone groups is 1. The number of rotatable bonds is 1. The van der Waals surface area contributed by atoms with E-state index in [-0.39, 0.29) is 10.3 Å². The van der Waals surface area contributed by atoms with Crippen LogP contribution in [0.4, 0.5) is 0 Å². The van der Waals surface area contributed by atoms with Crippen LogP contribution in [0.15, 0.2) is 11.4 Å². The van der Waals surface area contributed by atoms with E-state index < -0.39 is 9.84 Å². The Morgan fingerprint density at radius 2 is 2.17 bits per heavy atom. The fourth-order valence-corrected chi connectivity index (χ4v) is 1.45. The Labute approximate surface area is 88.4 Å². The van der Waals surface area contributed by atoms with Gasteiger partial charge in [-0.15, -0.1) is 0 Å². The zero-order valence-corrected chi connectivity index (χ0v) is 9.68. The highest BCUT2D eigenvalue weighted by Gasteiger charge is 2.12. The van der Waals surface area contributed by atoms with Gasteiger partial charge in [-0.25, -0.2) is 18.4 Å². The lowest BCUT2D eigenvalue weighted by Crippen LogP contribution is -2.04. The summed E-state index contributed by atoms with van der Waals surface area (Å²) in [6.45, 7) is 0. The second-order valence-electron chi connectivity index (χ2n) is 2.06. The summed E-state index contributed by atoms with van der Waals surface area (Å²) in [4.78, 5) is 7.22. The van der Waals surface area contributed by atoms with Crippen LogP contribution in [-0.2, 0) is 9.84 Å². The van der Waals surface area contributed by atoms with Gasteiger partial charge in [0.1, 0.15) is 5.15 Å². The van der Waals surface area contributed by atoms with Crippen molar-refractivity contribution in [2.24, 2.45) is 0 Å². The van der Waals surface area contributed by atoms with Crippen molar-refractivity contribution in [3.05, 3.63) is 14.9 Å². The number of hydrogen-bond acceptors (Lipinski definition) is 4. The predicted molar refractivity (Wildman–Crippen MR) is 52.9 cm³/mol. The van der Waals surface area contributed by atoms with Gasteiger partial charge in [0.2, 0.25) is 15.0 Å². The van der Waals surface area contributed by atoms with Gasteiger partial charge in [0.25, 0.3) is 0 Å². The second-order valence-corrected chi connectivity index (χ2v) is 5.49. The van der Waals surface area contributed by atoms with Crippen molar-refractivity contribution < 1.29 is 8.42 Å². The Morgan fingerprint density at radius 1 is 1.58 bits per heavy atom. The lowest BCUT2D eigenvalue weighted by Gasteiger charge is -1.97. The van der Waals surface area contributed by atoms with Crippen molar-refractivity contribution in [3.8, 4) is 0 Å². The van der Waals surface area contributed by atoms with Gasteiger partial charge in [0.15, 0.2) is 0 Å². The largest absolute Gasteiger partial charge is 0.248 e. The molecule has 0 aliphatic carbocycles. The summed E-state index contributed by atoms with van der Waals surface area (Å²) in [5.74, 6) is 0. The zero-order valence-electron chi connectivity index (χ0n) is 5.95. The zero-order chi connectivity index (χ0) is 9.35. The molecule has 0 aliphatic heterocycles. The van der Waals surface area contributed by atoms with Crippen LogP contribution in [-0.4, -0.2) is 24.6 Å². The van der Waals surface area contributed by atoms with Crippen molar-refractivity contribution in [2.75, 3.05) is 6.26 Å². The topological polar surface area (TPSA) is 59.9 Å². The van der Waals surface area contributed by atoms with Gasteiger partial charge in [-0.3, -0.25) is 0 Å². The van der Waals surface area contributed by atoms with Gasteiger partial charge in [-0.05, 0) is 22.6 Å². The van der Waals surface area contributed by atoms with Gasteiger partial charge in [-0.1, -0.05) is 11.6 Å². The monoisotopic (exact) mass is 318 g/mol. The molecule has 1 heterocycles. The van der Waals surface area contributed by atoms with Crippen LogP contribution in [0.5, 0.6) is 0 Å². The van der Waals surface area contributed by atoms with Crippen molar-refractivity contribution in [1.29, 1.82) is 0 Å². The highest BCUT2D eigenvalue weighted by Crippen LogP contribution is 2.15. The summed E-state index contributed by atoms with van der Waals surface area (Å²) in [6, 6.07) is 0. The lowest BCUT2D eigenvalue weighted by atomic mass is 10.7. The molecule has 0 amide bonds. The van der Waals surface area contributed by atoms with Crippen LogP contribution in [0.1, 0.15) is 0 Å². The molecular formula is C5H4ClIN2O2S. The lowest BCUT2D eigenvalue weighted by molar-refractivity contribution is 0.592. The van der Waals surface area contributed by atoms with Crippen molar-refractivity contribution in [2.45, 2.75) is 5.16 Å². The molecule has 1 rings (SSSR count). The van der Waals surface area contributed by atoms with Gasteiger partial charge >= 0.3 is 0 Å². The minimum atomic E-state index is -3.35. The van der Waals surface area contributed by atoms with E-state index in [9.17, 15) is 8.42 Å². The van der Waals surface area contributed by atoms with E-state index in [0.29, 0.717) is 3.57 Å². The molecule has 0 bridgehead atoms. The molecule has 0 N–H and O–H groups in total. The molecule has 7 heteroatoms. The van der Waals surface area contributed by atoms with E-state index in [2.05, 4.69) is 9.97 Å². The average Bonchev–Trinajstić information content (AvgIpc) is 1.92. The predicted octanol–water partition coefficient (Wildman–Crippen LogP) is 1.14. The summed E-state index contributed by atoms with van der Waals surface area (Å²) in [5.41, 5.74) is 0. The van der Waals surface area contributed by atoms with Crippen LogP contribution < -0.4 is 0 Å². The van der Waals surface area contributed by atoms with Crippen molar-refractivity contribution in [3.63, 3.8) is 0 Å². The molecule has 0 aromatic carbocycles. The number of nitrogens with zero attached hydrogens (tertiary/aromatic N) is 2. The minimum absolute atomic E-state index is 0.158. The SMILES string of the molecule is CS(=O)(=O)c1ncc(I)c(Cl)n1. The van der Waals surface area contributed by atoms with Crippen LogP contribution >= 0.6 is 34.2 Å². The Balaban J connectivity index is 3.33. The third kappa shape index (κ3) is 2.27. The molecule has 0 saturated heterocycles. The first-order chi connectivity index (χ1) is 5.41. The highest BCUT2D eigenvalue weighted by atomic mass is 127. The van der Waals surface area contributed by atoms with Gasteiger partial charge in [0.05, 0.1) is 3.57 Å². The molecule has 66 valence electrons. The van der Waals surface area contributed by atoms with Gasteiger partial charge in [-0.2, -0.15) is 0 Å². The van der Waals surface area contributed by atoms with E-state index in [1.807, 2.05) is 22.6 Å². The van der Waals surface area contributed by atoms with Crippen LogP contribution in [0.3, 0.4) is 0 Å². The molecule has 1 aromatic rings. The Bertz CT molecular complexity index is 406. The molecule has 4 nitrogen and oxygen atoms in total. The standard InChI is InChI=1S/C5H4ClIN2O2S/c1-12(10,11)5-8-2-3(7)4(6)9-5/h2H,1H3.